The third-order valence-corrected chi connectivity index (χ3v) is 3.65. The molecule has 1 aromatic carbocycles. The smallest absolute Gasteiger partial charge is 0.450 e. The number of benzene rings is 1. The lowest BCUT2D eigenvalue weighted by Crippen LogP contribution is -2.21. The van der Waals surface area contributed by atoms with Gasteiger partial charge >= 0.3 is 12.3 Å². The maximum absolute atomic E-state index is 12.9. The Bertz CT molecular complexity index is 712. The molecule has 2 rings (SSSR count). The van der Waals surface area contributed by atoms with Crippen LogP contribution in [0.1, 0.15) is 5.82 Å². The Hall–Kier alpha value is -1.18. The van der Waals surface area contributed by atoms with Crippen LogP contribution in [0, 0.1) is 0 Å². The summed E-state index contributed by atoms with van der Waals surface area (Å²) in [5, 5.41) is -0.533. The molecule has 2 aromatic rings. The van der Waals surface area contributed by atoms with Crippen LogP contribution in [-0.4, -0.2) is 22.8 Å². The summed E-state index contributed by atoms with van der Waals surface area (Å²) in [4.78, 5) is 14.9. The fourth-order valence-electron chi connectivity index (χ4n) is 1.59. The molecule has 0 aliphatic carbocycles. The number of halogens is 6. The minimum absolute atomic E-state index is 0.108. The Morgan fingerprint density at radius 3 is 2.40 bits per heavy atom. The van der Waals surface area contributed by atoms with E-state index in [1.807, 2.05) is 0 Å². The van der Waals surface area contributed by atoms with E-state index in [4.69, 9.17) is 34.8 Å². The van der Waals surface area contributed by atoms with Crippen molar-refractivity contribution in [3.63, 3.8) is 0 Å². The molecule has 0 unspecified atom stereocenters. The lowest BCUT2D eigenvalue weighted by molar-refractivity contribution is -0.146. The van der Waals surface area contributed by atoms with Crippen molar-refractivity contribution in [3.8, 4) is 0 Å². The summed E-state index contributed by atoms with van der Waals surface area (Å²) in [5.74, 6) is -1.47. The highest BCUT2D eigenvalue weighted by molar-refractivity contribution is 6.50. The largest absolute Gasteiger partial charge is 0.452 e. The molecule has 0 fully saturated rings. The van der Waals surface area contributed by atoms with Crippen LogP contribution in [0.25, 0.3) is 11.0 Å². The van der Waals surface area contributed by atoms with E-state index < -0.39 is 18.1 Å². The molecular formula is C10H4Cl3F3N2O2. The molecule has 0 bridgehead atoms. The first-order chi connectivity index (χ1) is 9.18. The van der Waals surface area contributed by atoms with E-state index in [9.17, 15) is 18.0 Å². The van der Waals surface area contributed by atoms with E-state index >= 15 is 0 Å². The van der Waals surface area contributed by atoms with Gasteiger partial charge < -0.3 is 4.74 Å². The number of fused-ring (bicyclic) bond motifs is 1. The van der Waals surface area contributed by atoms with Crippen LogP contribution >= 0.6 is 34.8 Å². The average molecular weight is 348 g/mol. The second-order valence-electron chi connectivity index (χ2n) is 3.59. The number of hydrogen-bond donors (Lipinski definition) is 0. The van der Waals surface area contributed by atoms with Gasteiger partial charge in [-0.15, -0.1) is 0 Å². The van der Waals surface area contributed by atoms with Crippen molar-refractivity contribution in [2.75, 3.05) is 7.11 Å². The number of carbonyl (C=O) groups excluding carboxylic acids is 1. The fraction of sp³-hybridized carbons (Fsp3) is 0.200. The first kappa shape index (κ1) is 15.2. The second kappa shape index (κ2) is 4.98. The van der Waals surface area contributed by atoms with Gasteiger partial charge in [0.25, 0.3) is 0 Å². The van der Waals surface area contributed by atoms with Crippen molar-refractivity contribution in [1.82, 2.24) is 9.55 Å². The predicted octanol–water partition coefficient (Wildman–Crippen LogP) is 4.63. The third-order valence-electron chi connectivity index (χ3n) is 2.40. The van der Waals surface area contributed by atoms with E-state index in [-0.39, 0.29) is 30.7 Å². The number of hydrogen-bond acceptors (Lipinski definition) is 3. The highest BCUT2D eigenvalue weighted by atomic mass is 35.5. The highest BCUT2D eigenvalue weighted by Gasteiger charge is 2.40. The van der Waals surface area contributed by atoms with Gasteiger partial charge in [0.1, 0.15) is 5.52 Å². The van der Waals surface area contributed by atoms with Crippen molar-refractivity contribution in [1.29, 1.82) is 0 Å². The Labute approximate surface area is 125 Å². The summed E-state index contributed by atoms with van der Waals surface area (Å²) in [6.45, 7) is 0. The minimum Gasteiger partial charge on any atom is -0.452 e. The quantitative estimate of drug-likeness (QED) is 0.653. The van der Waals surface area contributed by atoms with Crippen molar-refractivity contribution in [3.05, 3.63) is 27.0 Å². The Kier molecular flexibility index (Phi) is 3.79. The number of methoxy groups -OCH3 is 1. The van der Waals surface area contributed by atoms with E-state index in [0.29, 0.717) is 0 Å². The molecule has 0 saturated carbocycles. The minimum atomic E-state index is -4.88. The molecule has 0 spiro atoms. The van der Waals surface area contributed by atoms with Gasteiger partial charge in [0.15, 0.2) is 0 Å². The number of aromatic nitrogens is 2. The molecule has 0 amide bonds. The van der Waals surface area contributed by atoms with Crippen LogP contribution in [0.2, 0.25) is 15.1 Å². The zero-order valence-corrected chi connectivity index (χ0v) is 11.8. The number of ether oxygens (including phenoxy) is 1. The Morgan fingerprint density at radius 2 is 1.90 bits per heavy atom. The molecule has 20 heavy (non-hydrogen) atoms. The Balaban J connectivity index is 2.95. The summed E-state index contributed by atoms with van der Waals surface area (Å²) in [6, 6.07) is 1.06. The molecule has 0 atom stereocenters. The summed E-state index contributed by atoms with van der Waals surface area (Å²) in [6.07, 6.45) is -6.15. The number of rotatable bonds is 0. The molecule has 0 aliphatic rings. The molecule has 0 N–H and O–H groups in total. The first-order valence-corrected chi connectivity index (χ1v) is 6.03. The van der Waals surface area contributed by atoms with Crippen LogP contribution in [-0.2, 0) is 10.9 Å². The summed E-state index contributed by atoms with van der Waals surface area (Å²) in [7, 11) is 0.938. The van der Waals surface area contributed by atoms with E-state index in [2.05, 4.69) is 9.72 Å². The molecule has 0 aliphatic heterocycles. The van der Waals surface area contributed by atoms with Gasteiger partial charge in [-0.3, -0.25) is 0 Å². The van der Waals surface area contributed by atoms with Gasteiger partial charge in [-0.2, -0.15) is 13.2 Å². The van der Waals surface area contributed by atoms with Gasteiger partial charge in [-0.05, 0) is 6.07 Å². The van der Waals surface area contributed by atoms with Crippen LogP contribution in [0.15, 0.2) is 6.07 Å². The van der Waals surface area contributed by atoms with Crippen molar-refractivity contribution in [2.24, 2.45) is 0 Å². The van der Waals surface area contributed by atoms with Gasteiger partial charge in [0.2, 0.25) is 5.82 Å². The van der Waals surface area contributed by atoms with Crippen LogP contribution in [0.3, 0.4) is 0 Å². The second-order valence-corrected chi connectivity index (χ2v) is 4.76. The van der Waals surface area contributed by atoms with Crippen molar-refractivity contribution >= 4 is 51.9 Å². The Morgan fingerprint density at radius 1 is 1.30 bits per heavy atom. The molecule has 0 saturated heterocycles. The lowest BCUT2D eigenvalue weighted by atomic mass is 10.3. The topological polar surface area (TPSA) is 44.1 Å². The molecule has 1 heterocycles. The standard InChI is InChI=1S/C10H4Cl3F3N2O2/c1-20-9(19)18-4-2-3(11)5(12)6(13)7(4)17-8(18)10(14,15)16/h2H,1H3. The fourth-order valence-corrected chi connectivity index (χ4v) is 2.22. The molecule has 108 valence electrons. The monoisotopic (exact) mass is 346 g/mol. The zero-order valence-electron chi connectivity index (χ0n) is 9.56. The van der Waals surface area contributed by atoms with Crippen molar-refractivity contribution in [2.45, 2.75) is 6.18 Å². The third kappa shape index (κ3) is 2.30. The zero-order chi connectivity index (χ0) is 15.2. The molecule has 10 heteroatoms. The molecule has 4 nitrogen and oxygen atoms in total. The van der Waals surface area contributed by atoms with Gasteiger partial charge in [-0.1, -0.05) is 34.8 Å². The molecule has 1 aromatic heterocycles. The lowest BCUT2D eigenvalue weighted by Gasteiger charge is -2.08. The summed E-state index contributed by atoms with van der Waals surface area (Å²) < 4.78 is 43.3. The van der Waals surface area contributed by atoms with Crippen molar-refractivity contribution < 1.29 is 22.7 Å². The predicted molar refractivity (Wildman–Crippen MR) is 67.6 cm³/mol. The highest BCUT2D eigenvalue weighted by Crippen LogP contribution is 2.39. The SMILES string of the molecule is COC(=O)n1c(C(F)(F)F)nc2c(Cl)c(Cl)c(Cl)cc21. The van der Waals surface area contributed by atoms with E-state index in [1.165, 1.54) is 0 Å². The number of nitrogens with zero attached hydrogens (tertiary/aromatic N) is 2. The molecular weight excluding hydrogens is 343 g/mol. The summed E-state index contributed by atoms with van der Waals surface area (Å²) in [5.41, 5.74) is -0.539. The van der Waals surface area contributed by atoms with Gasteiger partial charge in [0, 0.05) is 0 Å². The van der Waals surface area contributed by atoms with Crippen LogP contribution in [0.4, 0.5) is 18.0 Å². The number of carbonyl (C=O) groups is 1. The van der Waals surface area contributed by atoms with Crippen LogP contribution in [0.5, 0.6) is 0 Å². The number of alkyl halides is 3. The van der Waals surface area contributed by atoms with Gasteiger partial charge in [0.05, 0.1) is 27.7 Å². The van der Waals surface area contributed by atoms with E-state index in [0.717, 1.165) is 13.2 Å². The van der Waals surface area contributed by atoms with Crippen LogP contribution < -0.4 is 0 Å². The molecule has 0 radical (unpaired) electrons. The maximum atomic E-state index is 12.9. The number of imidazole rings is 1. The van der Waals surface area contributed by atoms with E-state index in [1.54, 1.807) is 0 Å². The first-order valence-electron chi connectivity index (χ1n) is 4.90. The summed E-state index contributed by atoms with van der Waals surface area (Å²) >= 11 is 17.3. The van der Waals surface area contributed by atoms with Gasteiger partial charge in [-0.25, -0.2) is 14.3 Å². The maximum Gasteiger partial charge on any atom is 0.450 e. The normalized spacial score (nSPS) is 11.9. The average Bonchev–Trinajstić information content (AvgIpc) is 2.74.